The van der Waals surface area contributed by atoms with Crippen LogP contribution in [0.3, 0.4) is 0 Å². The van der Waals surface area contributed by atoms with Crippen molar-refractivity contribution in [1.29, 1.82) is 0 Å². The largest absolute Gasteiger partial charge is 0.460 e. The lowest BCUT2D eigenvalue weighted by atomic mass is 9.85. The minimum Gasteiger partial charge on any atom is -0.460 e. The highest BCUT2D eigenvalue weighted by Gasteiger charge is 2.32. The van der Waals surface area contributed by atoms with E-state index in [1.807, 2.05) is 83.1 Å². The van der Waals surface area contributed by atoms with Gasteiger partial charge in [0, 0.05) is 24.1 Å². The number of carbonyl (C=O) groups excluding carboxylic acids is 2. The lowest BCUT2D eigenvalue weighted by Crippen LogP contribution is -2.35. The summed E-state index contributed by atoms with van der Waals surface area (Å²) in [6.45, 7) is 9.43. The molecule has 0 spiro atoms. The van der Waals surface area contributed by atoms with E-state index in [9.17, 15) is 14.4 Å². The molecule has 0 radical (unpaired) electrons. The van der Waals surface area contributed by atoms with Crippen molar-refractivity contribution in [3.05, 3.63) is 94.4 Å². The van der Waals surface area contributed by atoms with Crippen molar-refractivity contribution in [3.63, 3.8) is 0 Å². The number of esters is 1. The Morgan fingerprint density at radius 1 is 0.975 bits per heavy atom. The highest BCUT2D eigenvalue weighted by atomic mass is 16.6. The maximum Gasteiger partial charge on any atom is 0.312 e. The molecule has 40 heavy (non-hydrogen) atoms. The number of rotatable bonds is 7. The summed E-state index contributed by atoms with van der Waals surface area (Å²) in [5.41, 5.74) is 2.90. The molecule has 1 N–H and O–H groups in total. The van der Waals surface area contributed by atoms with E-state index in [0.717, 1.165) is 35.2 Å². The van der Waals surface area contributed by atoms with Gasteiger partial charge in [-0.15, -0.1) is 0 Å². The van der Waals surface area contributed by atoms with Crippen molar-refractivity contribution in [3.8, 4) is 16.8 Å². The number of pyridine rings is 2. The molecular weight excluding hydrogens is 502 g/mol. The molecular formula is C33H35N3O4. The van der Waals surface area contributed by atoms with E-state index in [0.29, 0.717) is 17.5 Å². The first-order chi connectivity index (χ1) is 18.9. The summed E-state index contributed by atoms with van der Waals surface area (Å²) in [6, 6.07) is 19.6. The summed E-state index contributed by atoms with van der Waals surface area (Å²) in [5, 5.41) is 3.33. The van der Waals surface area contributed by atoms with Gasteiger partial charge in [-0.2, -0.15) is 0 Å². The average molecular weight is 538 g/mol. The van der Waals surface area contributed by atoms with Crippen LogP contribution >= 0.6 is 0 Å². The average Bonchev–Trinajstić information content (AvgIpc) is 3.72. The molecule has 0 aliphatic heterocycles. The van der Waals surface area contributed by atoms with Crippen LogP contribution in [0.25, 0.3) is 27.8 Å². The Morgan fingerprint density at radius 3 is 2.38 bits per heavy atom. The molecule has 1 aliphatic carbocycles. The molecule has 206 valence electrons. The molecule has 7 nitrogen and oxygen atoms in total. The first-order valence-electron chi connectivity index (χ1n) is 13.7. The van der Waals surface area contributed by atoms with Gasteiger partial charge < -0.3 is 14.6 Å². The number of nitrogens with zero attached hydrogens (tertiary/aromatic N) is 2. The summed E-state index contributed by atoms with van der Waals surface area (Å²) >= 11 is 0. The highest BCUT2D eigenvalue weighted by Crippen LogP contribution is 2.29. The van der Waals surface area contributed by atoms with Crippen molar-refractivity contribution in [2.45, 2.75) is 65.5 Å². The normalized spacial score (nSPS) is 13.7. The Labute approximate surface area is 234 Å². The van der Waals surface area contributed by atoms with E-state index in [-0.39, 0.29) is 28.9 Å². The summed E-state index contributed by atoms with van der Waals surface area (Å²) in [7, 11) is 0. The molecule has 0 saturated heterocycles. The molecule has 0 atom stereocenters. The van der Waals surface area contributed by atoms with Crippen LogP contribution in [0.5, 0.6) is 0 Å². The Bertz CT molecular complexity index is 1640. The standard InChI is InChI=1S/C33H35N3O4/c1-32(2,3)40-31(39)33(4,5)19-21-11-13-22(14-12-21)23-8-6-9-25(18-23)36-20-27(30(38)35-24-15-16-24)28(37)26-10-7-17-34-29(26)36/h6-14,17-18,20,24H,15-16,19H2,1-5H3,(H,35,38). The fraction of sp³-hybridized carbons (Fsp3) is 0.333. The van der Waals surface area contributed by atoms with Crippen LogP contribution in [0.2, 0.25) is 0 Å². The van der Waals surface area contributed by atoms with Gasteiger partial charge in [0.2, 0.25) is 5.43 Å². The van der Waals surface area contributed by atoms with Crippen LogP contribution in [0, 0.1) is 5.41 Å². The van der Waals surface area contributed by atoms with Gasteiger partial charge in [-0.3, -0.25) is 14.4 Å². The second kappa shape index (κ2) is 10.4. The first-order valence-corrected chi connectivity index (χ1v) is 13.7. The summed E-state index contributed by atoms with van der Waals surface area (Å²) in [6.07, 6.45) is 5.67. The van der Waals surface area contributed by atoms with Gasteiger partial charge in [0.05, 0.1) is 10.8 Å². The van der Waals surface area contributed by atoms with Crippen molar-refractivity contribution in [2.24, 2.45) is 5.41 Å². The molecule has 5 rings (SSSR count). The van der Waals surface area contributed by atoms with Crippen LogP contribution in [-0.2, 0) is 16.0 Å². The molecule has 7 heteroatoms. The molecule has 1 saturated carbocycles. The van der Waals surface area contributed by atoms with Gasteiger partial charge in [-0.05, 0) is 94.8 Å². The smallest absolute Gasteiger partial charge is 0.312 e. The van der Waals surface area contributed by atoms with Gasteiger partial charge in [0.15, 0.2) is 0 Å². The summed E-state index contributed by atoms with van der Waals surface area (Å²) in [4.78, 5) is 43.2. The number of hydrogen-bond donors (Lipinski definition) is 1. The number of ether oxygens (including phenoxy) is 1. The number of amides is 1. The first kappa shape index (κ1) is 27.3. The van der Waals surface area contributed by atoms with Gasteiger partial charge in [-0.1, -0.05) is 36.4 Å². The Balaban J connectivity index is 1.45. The molecule has 0 bridgehead atoms. The van der Waals surface area contributed by atoms with Crippen LogP contribution in [0.4, 0.5) is 0 Å². The van der Waals surface area contributed by atoms with Crippen molar-refractivity contribution < 1.29 is 14.3 Å². The van der Waals surface area contributed by atoms with E-state index in [1.165, 1.54) is 0 Å². The number of nitrogens with one attached hydrogen (secondary N) is 1. The van der Waals surface area contributed by atoms with Crippen molar-refractivity contribution in [2.75, 3.05) is 0 Å². The lowest BCUT2D eigenvalue weighted by molar-refractivity contribution is -0.165. The summed E-state index contributed by atoms with van der Waals surface area (Å²) in [5.74, 6) is -0.572. The zero-order valence-corrected chi connectivity index (χ0v) is 23.7. The van der Waals surface area contributed by atoms with Crippen LogP contribution < -0.4 is 10.7 Å². The van der Waals surface area contributed by atoms with Crippen LogP contribution in [0.15, 0.2) is 77.9 Å². The molecule has 2 aromatic carbocycles. The second-order valence-corrected chi connectivity index (χ2v) is 12.2. The molecule has 0 unspecified atom stereocenters. The third kappa shape index (κ3) is 5.98. The number of aromatic nitrogens is 2. The number of carbonyl (C=O) groups is 2. The van der Waals surface area contributed by atoms with Crippen LogP contribution in [-0.4, -0.2) is 33.1 Å². The van der Waals surface area contributed by atoms with E-state index in [4.69, 9.17) is 4.74 Å². The summed E-state index contributed by atoms with van der Waals surface area (Å²) < 4.78 is 7.42. The quantitative estimate of drug-likeness (QED) is 0.299. The number of hydrogen-bond acceptors (Lipinski definition) is 5. The lowest BCUT2D eigenvalue weighted by Gasteiger charge is -2.28. The Hall–Kier alpha value is -4.26. The number of fused-ring (bicyclic) bond motifs is 1. The maximum atomic E-state index is 13.1. The molecule has 4 aromatic rings. The predicted octanol–water partition coefficient (Wildman–Crippen LogP) is 5.86. The highest BCUT2D eigenvalue weighted by molar-refractivity contribution is 5.97. The number of benzene rings is 2. The van der Waals surface area contributed by atoms with E-state index in [2.05, 4.69) is 10.3 Å². The third-order valence-electron chi connectivity index (χ3n) is 6.93. The van der Waals surface area contributed by atoms with Gasteiger partial charge in [-0.25, -0.2) is 4.98 Å². The monoisotopic (exact) mass is 537 g/mol. The molecule has 2 aromatic heterocycles. The fourth-order valence-corrected chi connectivity index (χ4v) is 4.66. The van der Waals surface area contributed by atoms with Crippen LogP contribution in [0.1, 0.15) is 63.4 Å². The molecule has 1 amide bonds. The van der Waals surface area contributed by atoms with Gasteiger partial charge in [0.1, 0.15) is 16.8 Å². The Morgan fingerprint density at radius 2 is 1.70 bits per heavy atom. The zero-order valence-electron chi connectivity index (χ0n) is 23.7. The predicted molar refractivity (Wildman–Crippen MR) is 157 cm³/mol. The van der Waals surface area contributed by atoms with E-state index in [1.54, 1.807) is 29.1 Å². The van der Waals surface area contributed by atoms with Crippen molar-refractivity contribution >= 4 is 22.9 Å². The minimum atomic E-state index is -0.656. The van der Waals surface area contributed by atoms with E-state index >= 15 is 0 Å². The molecule has 2 heterocycles. The fourth-order valence-electron chi connectivity index (χ4n) is 4.66. The minimum absolute atomic E-state index is 0.106. The SMILES string of the molecule is CC(C)(C)OC(=O)C(C)(C)Cc1ccc(-c2cccc(-n3cc(C(=O)NC4CC4)c(=O)c4cccnc43)c2)cc1. The third-order valence-corrected chi connectivity index (χ3v) is 6.93. The van der Waals surface area contributed by atoms with Crippen molar-refractivity contribution in [1.82, 2.24) is 14.9 Å². The van der Waals surface area contributed by atoms with Gasteiger partial charge in [0.25, 0.3) is 5.91 Å². The van der Waals surface area contributed by atoms with Gasteiger partial charge >= 0.3 is 5.97 Å². The zero-order chi connectivity index (χ0) is 28.7. The Kier molecular flexibility index (Phi) is 7.08. The topological polar surface area (TPSA) is 90.3 Å². The molecule has 1 aliphatic rings. The molecule has 1 fully saturated rings. The van der Waals surface area contributed by atoms with E-state index < -0.39 is 11.0 Å². The maximum absolute atomic E-state index is 13.1. The second-order valence-electron chi connectivity index (χ2n) is 12.2.